The molecule has 0 aliphatic heterocycles. The van der Waals surface area contributed by atoms with Gasteiger partial charge in [0.25, 0.3) is 0 Å². The largest absolute Gasteiger partial charge is 0.330 e. The van der Waals surface area contributed by atoms with E-state index in [9.17, 15) is 9.18 Å². The van der Waals surface area contributed by atoms with Gasteiger partial charge in [-0.2, -0.15) is 5.10 Å². The van der Waals surface area contributed by atoms with Gasteiger partial charge >= 0.3 is 0 Å². The maximum Gasteiger partial charge on any atom is 0.225 e. The number of hydrogen-bond acceptors (Lipinski definition) is 3. The Labute approximate surface area is 141 Å². The predicted molar refractivity (Wildman–Crippen MR) is 91.3 cm³/mol. The second-order valence-electron chi connectivity index (χ2n) is 6.61. The van der Waals surface area contributed by atoms with Gasteiger partial charge in [-0.25, -0.2) is 9.07 Å². The molecule has 1 saturated carbocycles. The summed E-state index contributed by atoms with van der Waals surface area (Å²) in [6, 6.07) is 6.39. The zero-order valence-corrected chi connectivity index (χ0v) is 13.7. The molecule has 1 aromatic carbocycles. The Morgan fingerprint density at radius 1 is 1.29 bits per heavy atom. The minimum atomic E-state index is -0.359. The second kappa shape index (κ2) is 7.13. The van der Waals surface area contributed by atoms with Gasteiger partial charge in [-0.1, -0.05) is 31.4 Å². The summed E-state index contributed by atoms with van der Waals surface area (Å²) in [6.07, 6.45) is 9.07. The van der Waals surface area contributed by atoms with Gasteiger partial charge < -0.3 is 11.1 Å². The van der Waals surface area contributed by atoms with Crippen molar-refractivity contribution in [3.63, 3.8) is 0 Å². The van der Waals surface area contributed by atoms with Crippen LogP contribution in [0.2, 0.25) is 0 Å². The zero-order valence-electron chi connectivity index (χ0n) is 13.7. The standard InChI is InChI=1S/C18H23FN4O/c19-15-6-2-3-7-16(15)23-12-14(11-21-23)22-17(24)10-18(13-20)8-4-1-5-9-18/h2-3,6-7,11-12H,1,4-5,8-10,13,20H2,(H,22,24). The fourth-order valence-corrected chi connectivity index (χ4v) is 3.46. The molecular formula is C18H23FN4O. The lowest BCUT2D eigenvalue weighted by atomic mass is 9.71. The lowest BCUT2D eigenvalue weighted by Gasteiger charge is -2.35. The van der Waals surface area contributed by atoms with E-state index in [-0.39, 0.29) is 17.1 Å². The van der Waals surface area contributed by atoms with Gasteiger partial charge in [0.15, 0.2) is 0 Å². The van der Waals surface area contributed by atoms with Crippen LogP contribution in [0.5, 0.6) is 0 Å². The van der Waals surface area contributed by atoms with E-state index in [0.717, 1.165) is 25.7 Å². The Morgan fingerprint density at radius 3 is 2.75 bits per heavy atom. The predicted octanol–water partition coefficient (Wildman–Crippen LogP) is 3.25. The molecule has 5 nitrogen and oxygen atoms in total. The van der Waals surface area contributed by atoms with Crippen molar-refractivity contribution in [2.24, 2.45) is 11.1 Å². The molecule has 0 saturated heterocycles. The number of nitrogens with one attached hydrogen (secondary N) is 1. The second-order valence-corrected chi connectivity index (χ2v) is 6.61. The number of benzene rings is 1. The molecule has 1 aromatic heterocycles. The van der Waals surface area contributed by atoms with Crippen molar-refractivity contribution < 1.29 is 9.18 Å². The number of halogens is 1. The molecule has 24 heavy (non-hydrogen) atoms. The Balaban J connectivity index is 1.66. The minimum absolute atomic E-state index is 0.0598. The van der Waals surface area contributed by atoms with Crippen LogP contribution in [0.15, 0.2) is 36.7 Å². The fraction of sp³-hybridized carbons (Fsp3) is 0.444. The van der Waals surface area contributed by atoms with E-state index in [1.807, 2.05) is 0 Å². The number of rotatable bonds is 5. The van der Waals surface area contributed by atoms with Crippen LogP contribution in [0.1, 0.15) is 38.5 Å². The zero-order chi connectivity index (χ0) is 17.0. The van der Waals surface area contributed by atoms with Gasteiger partial charge in [-0.3, -0.25) is 4.79 Å². The molecule has 1 aliphatic rings. The molecular weight excluding hydrogens is 307 g/mol. The molecule has 1 aliphatic carbocycles. The number of hydrogen-bond donors (Lipinski definition) is 2. The smallest absolute Gasteiger partial charge is 0.225 e. The Kier molecular flexibility index (Phi) is 4.94. The highest BCUT2D eigenvalue weighted by Crippen LogP contribution is 2.38. The number of amides is 1. The average molecular weight is 330 g/mol. The molecule has 0 unspecified atom stereocenters. The molecule has 2 aromatic rings. The van der Waals surface area contributed by atoms with E-state index in [4.69, 9.17) is 5.73 Å². The van der Waals surface area contributed by atoms with E-state index < -0.39 is 0 Å². The van der Waals surface area contributed by atoms with E-state index in [0.29, 0.717) is 24.3 Å². The normalized spacial score (nSPS) is 16.8. The number of anilines is 1. The molecule has 3 N–H and O–H groups in total. The highest BCUT2D eigenvalue weighted by atomic mass is 19.1. The van der Waals surface area contributed by atoms with E-state index in [1.54, 1.807) is 24.4 Å². The average Bonchev–Trinajstić information content (AvgIpc) is 3.04. The monoisotopic (exact) mass is 330 g/mol. The fourth-order valence-electron chi connectivity index (χ4n) is 3.46. The SMILES string of the molecule is NCC1(CC(=O)Nc2cnn(-c3ccccc3F)c2)CCCCC1. The summed E-state index contributed by atoms with van der Waals surface area (Å²) >= 11 is 0. The summed E-state index contributed by atoms with van der Waals surface area (Å²) in [5.41, 5.74) is 6.77. The minimum Gasteiger partial charge on any atom is -0.330 e. The summed E-state index contributed by atoms with van der Waals surface area (Å²) in [4.78, 5) is 12.4. The van der Waals surface area contributed by atoms with Crippen LogP contribution >= 0.6 is 0 Å². The topological polar surface area (TPSA) is 72.9 Å². The molecule has 1 fully saturated rings. The summed E-state index contributed by atoms with van der Waals surface area (Å²) in [5.74, 6) is -0.418. The van der Waals surface area contributed by atoms with Crippen molar-refractivity contribution in [1.82, 2.24) is 9.78 Å². The molecule has 1 amide bonds. The quantitative estimate of drug-likeness (QED) is 0.884. The van der Waals surface area contributed by atoms with Gasteiger partial charge in [0, 0.05) is 6.42 Å². The third kappa shape index (κ3) is 3.64. The van der Waals surface area contributed by atoms with Gasteiger partial charge in [-0.05, 0) is 36.9 Å². The van der Waals surface area contributed by atoms with Gasteiger partial charge in [0.05, 0.1) is 18.1 Å². The van der Waals surface area contributed by atoms with Gasteiger partial charge in [0.2, 0.25) is 5.91 Å². The number of carbonyl (C=O) groups is 1. The Morgan fingerprint density at radius 2 is 2.04 bits per heavy atom. The first-order valence-corrected chi connectivity index (χ1v) is 8.41. The van der Waals surface area contributed by atoms with Crippen LogP contribution in [0, 0.1) is 11.2 Å². The molecule has 0 atom stereocenters. The maximum atomic E-state index is 13.8. The number of aromatic nitrogens is 2. The van der Waals surface area contributed by atoms with Crippen LogP contribution in [-0.2, 0) is 4.79 Å². The van der Waals surface area contributed by atoms with E-state index in [1.165, 1.54) is 23.4 Å². The van der Waals surface area contributed by atoms with Crippen LogP contribution < -0.4 is 11.1 Å². The van der Waals surface area contributed by atoms with Crippen molar-refractivity contribution >= 4 is 11.6 Å². The highest BCUT2D eigenvalue weighted by molar-refractivity contribution is 5.91. The van der Waals surface area contributed by atoms with Crippen molar-refractivity contribution in [1.29, 1.82) is 0 Å². The number of nitrogens with zero attached hydrogens (tertiary/aromatic N) is 2. The third-order valence-electron chi connectivity index (χ3n) is 4.85. The molecule has 6 heteroatoms. The molecule has 0 spiro atoms. The molecule has 0 radical (unpaired) electrons. The first-order valence-electron chi connectivity index (χ1n) is 8.41. The van der Waals surface area contributed by atoms with E-state index >= 15 is 0 Å². The summed E-state index contributed by atoms with van der Waals surface area (Å²) in [7, 11) is 0. The lowest BCUT2D eigenvalue weighted by molar-refractivity contribution is -0.118. The molecule has 1 heterocycles. The number of carbonyl (C=O) groups excluding carboxylic acids is 1. The van der Waals surface area contributed by atoms with Crippen molar-refractivity contribution in [3.05, 3.63) is 42.5 Å². The van der Waals surface area contributed by atoms with Crippen LogP contribution in [-0.4, -0.2) is 22.2 Å². The first-order chi connectivity index (χ1) is 11.6. The third-order valence-corrected chi connectivity index (χ3v) is 4.85. The van der Waals surface area contributed by atoms with Crippen molar-refractivity contribution in [3.8, 4) is 5.69 Å². The summed E-state index contributed by atoms with van der Waals surface area (Å²) < 4.78 is 15.2. The van der Waals surface area contributed by atoms with Crippen molar-refractivity contribution in [2.45, 2.75) is 38.5 Å². The molecule has 128 valence electrons. The molecule has 3 rings (SSSR count). The van der Waals surface area contributed by atoms with Crippen LogP contribution in [0.4, 0.5) is 10.1 Å². The lowest BCUT2D eigenvalue weighted by Crippen LogP contribution is -2.36. The Bertz CT molecular complexity index is 707. The molecule has 0 bridgehead atoms. The van der Waals surface area contributed by atoms with Gasteiger partial charge in [-0.15, -0.1) is 0 Å². The number of para-hydroxylation sites is 1. The summed E-state index contributed by atoms with van der Waals surface area (Å²) in [6.45, 7) is 0.537. The van der Waals surface area contributed by atoms with Crippen LogP contribution in [0.25, 0.3) is 5.69 Å². The first kappa shape index (κ1) is 16.6. The highest BCUT2D eigenvalue weighted by Gasteiger charge is 2.33. The van der Waals surface area contributed by atoms with Crippen LogP contribution in [0.3, 0.4) is 0 Å². The van der Waals surface area contributed by atoms with Gasteiger partial charge in [0.1, 0.15) is 11.5 Å². The maximum absolute atomic E-state index is 13.8. The Hall–Kier alpha value is -2.21. The van der Waals surface area contributed by atoms with E-state index in [2.05, 4.69) is 10.4 Å². The summed E-state index contributed by atoms with van der Waals surface area (Å²) in [5, 5.41) is 6.98. The number of nitrogens with two attached hydrogens (primary N) is 1. The van der Waals surface area contributed by atoms with Crippen molar-refractivity contribution in [2.75, 3.05) is 11.9 Å².